The molecule has 1 aliphatic heterocycles. The molecule has 38 heavy (non-hydrogen) atoms. The molecule has 11 heteroatoms. The van der Waals surface area contributed by atoms with Crippen molar-refractivity contribution in [2.75, 3.05) is 13.1 Å². The number of aliphatic hydroxyl groups is 1. The van der Waals surface area contributed by atoms with Crippen LogP contribution in [0.25, 0.3) is 16.6 Å². The molecule has 0 bridgehead atoms. The lowest BCUT2D eigenvalue weighted by molar-refractivity contribution is -0.141. The Morgan fingerprint density at radius 1 is 1.26 bits per heavy atom. The predicted molar refractivity (Wildman–Crippen MR) is 136 cm³/mol. The fraction of sp³-hybridized carbons (Fsp3) is 0.370. The van der Waals surface area contributed by atoms with E-state index in [0.717, 1.165) is 35.9 Å². The van der Waals surface area contributed by atoms with E-state index in [1.807, 2.05) is 23.9 Å². The molecule has 1 aliphatic rings. The molecule has 1 saturated heterocycles. The van der Waals surface area contributed by atoms with Gasteiger partial charge in [-0.05, 0) is 51.8 Å². The summed E-state index contributed by atoms with van der Waals surface area (Å²) in [5.41, 5.74) is 3.99. The molecular formula is C27H28FN7O3. The molecule has 5 rings (SSSR count). The number of ether oxygens (including phenoxy) is 1. The van der Waals surface area contributed by atoms with Crippen molar-refractivity contribution in [3.8, 4) is 22.9 Å². The Hall–Kier alpha value is -4.30. The van der Waals surface area contributed by atoms with E-state index in [-0.39, 0.29) is 11.9 Å². The Balaban J connectivity index is 1.49. The highest BCUT2D eigenvalue weighted by molar-refractivity contribution is 5.80. The number of aromatic nitrogens is 5. The van der Waals surface area contributed by atoms with Crippen molar-refractivity contribution in [1.29, 1.82) is 5.26 Å². The van der Waals surface area contributed by atoms with Crippen molar-refractivity contribution < 1.29 is 19.0 Å². The van der Waals surface area contributed by atoms with E-state index in [0.29, 0.717) is 35.6 Å². The molecule has 0 saturated carbocycles. The van der Waals surface area contributed by atoms with Gasteiger partial charge in [-0.25, -0.2) is 8.91 Å². The van der Waals surface area contributed by atoms with Crippen LogP contribution in [0.4, 0.5) is 4.39 Å². The smallest absolute Gasteiger partial charge is 0.251 e. The van der Waals surface area contributed by atoms with Gasteiger partial charge in [-0.15, -0.1) is 0 Å². The molecule has 4 aromatic heterocycles. The lowest BCUT2D eigenvalue weighted by atomic mass is 10.0. The zero-order chi connectivity index (χ0) is 27.0. The molecule has 0 radical (unpaired) electrons. The molecule has 0 unspecified atom stereocenters. The van der Waals surface area contributed by atoms with Crippen LogP contribution in [0, 0.1) is 24.1 Å². The Bertz CT molecular complexity index is 1520. The monoisotopic (exact) mass is 517 g/mol. The normalized spacial score (nSPS) is 17.3. The quantitative estimate of drug-likeness (QED) is 0.415. The highest BCUT2D eigenvalue weighted by Gasteiger charge is 2.29. The summed E-state index contributed by atoms with van der Waals surface area (Å²) in [6.07, 6.45) is 6.36. The average molecular weight is 518 g/mol. The maximum atomic E-state index is 13.4. The summed E-state index contributed by atoms with van der Waals surface area (Å²) in [7, 11) is 0. The van der Waals surface area contributed by atoms with E-state index < -0.39 is 18.0 Å². The minimum atomic E-state index is -1.03. The first-order valence-corrected chi connectivity index (χ1v) is 12.5. The van der Waals surface area contributed by atoms with Crippen LogP contribution in [0.1, 0.15) is 55.8 Å². The standard InChI is InChI=1S/C27H28FN7O3/c1-16-23(13-32-35(16)22-5-4-8-33(15-22)27(37)17(2)36)19-9-25(26-20(10-29)11-31-34(26)14-19)38-18(3)24-7-6-21(28)12-30-24/h6-7,9,11-14,17-18,22,36H,4-5,8,15H2,1-3H3/t17-,18+,22+/m0/s1. The minimum absolute atomic E-state index is 0.0147. The Morgan fingerprint density at radius 3 is 2.79 bits per heavy atom. The third-order valence-corrected chi connectivity index (χ3v) is 6.93. The number of amides is 1. The Labute approximate surface area is 218 Å². The maximum Gasteiger partial charge on any atom is 0.251 e. The second kappa shape index (κ2) is 10.2. The van der Waals surface area contributed by atoms with Crippen LogP contribution in [-0.4, -0.2) is 59.5 Å². The zero-order valence-corrected chi connectivity index (χ0v) is 21.4. The van der Waals surface area contributed by atoms with Crippen LogP contribution in [0.15, 0.2) is 43.0 Å². The first-order chi connectivity index (χ1) is 18.3. The topological polar surface area (TPSA) is 122 Å². The fourth-order valence-electron chi connectivity index (χ4n) is 4.98. The van der Waals surface area contributed by atoms with E-state index in [1.54, 1.807) is 28.6 Å². The SMILES string of the molecule is Cc1c(-c2cc(O[C@H](C)c3ccc(F)cn3)c3c(C#N)cnn3c2)cnn1[C@@H]1CCCN(C(=O)[C@H](C)O)C1. The number of hydrogen-bond donors (Lipinski definition) is 1. The van der Waals surface area contributed by atoms with Crippen molar-refractivity contribution in [3.05, 3.63) is 65.8 Å². The highest BCUT2D eigenvalue weighted by Crippen LogP contribution is 2.35. The summed E-state index contributed by atoms with van der Waals surface area (Å²) >= 11 is 0. The third-order valence-electron chi connectivity index (χ3n) is 6.93. The number of piperidine rings is 1. The third kappa shape index (κ3) is 4.70. The number of halogens is 1. The molecule has 196 valence electrons. The van der Waals surface area contributed by atoms with E-state index in [2.05, 4.69) is 21.3 Å². The Morgan fingerprint density at radius 2 is 2.08 bits per heavy atom. The van der Waals surface area contributed by atoms with Crippen molar-refractivity contribution in [2.24, 2.45) is 0 Å². The highest BCUT2D eigenvalue weighted by atomic mass is 19.1. The van der Waals surface area contributed by atoms with E-state index in [4.69, 9.17) is 4.74 Å². The van der Waals surface area contributed by atoms with Crippen molar-refractivity contribution in [3.63, 3.8) is 0 Å². The maximum absolute atomic E-state index is 13.4. The molecule has 10 nitrogen and oxygen atoms in total. The number of likely N-dealkylation sites (tertiary alicyclic amines) is 1. The molecule has 3 atom stereocenters. The van der Waals surface area contributed by atoms with Crippen LogP contribution in [0.5, 0.6) is 5.75 Å². The first kappa shape index (κ1) is 25.4. The molecule has 0 spiro atoms. The molecule has 1 fully saturated rings. The van der Waals surface area contributed by atoms with Gasteiger partial charge in [0, 0.05) is 36.1 Å². The van der Waals surface area contributed by atoms with Crippen LogP contribution >= 0.6 is 0 Å². The first-order valence-electron chi connectivity index (χ1n) is 12.5. The van der Waals surface area contributed by atoms with Gasteiger partial charge in [0.25, 0.3) is 5.91 Å². The van der Waals surface area contributed by atoms with Gasteiger partial charge in [-0.3, -0.25) is 14.5 Å². The molecule has 0 aliphatic carbocycles. The summed E-state index contributed by atoms with van der Waals surface area (Å²) in [4.78, 5) is 18.2. The summed E-state index contributed by atoms with van der Waals surface area (Å²) in [6.45, 7) is 6.35. The van der Waals surface area contributed by atoms with E-state index in [9.17, 15) is 19.6 Å². The van der Waals surface area contributed by atoms with Crippen LogP contribution in [-0.2, 0) is 4.79 Å². The van der Waals surface area contributed by atoms with Crippen molar-refractivity contribution in [1.82, 2.24) is 29.3 Å². The number of aliphatic hydroxyl groups excluding tert-OH is 1. The van der Waals surface area contributed by atoms with Gasteiger partial charge < -0.3 is 14.7 Å². The summed E-state index contributed by atoms with van der Waals surface area (Å²) in [6, 6.07) is 6.87. The van der Waals surface area contributed by atoms with Gasteiger partial charge >= 0.3 is 0 Å². The second-order valence-electron chi connectivity index (χ2n) is 9.56. The summed E-state index contributed by atoms with van der Waals surface area (Å²) < 4.78 is 23.1. The lowest BCUT2D eigenvalue weighted by Crippen LogP contribution is -2.44. The number of hydrogen-bond acceptors (Lipinski definition) is 7. The average Bonchev–Trinajstić information content (AvgIpc) is 3.51. The number of pyridine rings is 2. The Kier molecular flexibility index (Phi) is 6.82. The van der Waals surface area contributed by atoms with Crippen molar-refractivity contribution >= 4 is 11.4 Å². The number of nitrogens with zero attached hydrogens (tertiary/aromatic N) is 7. The minimum Gasteiger partial charge on any atom is -0.482 e. The fourth-order valence-corrected chi connectivity index (χ4v) is 4.98. The van der Waals surface area contributed by atoms with E-state index in [1.165, 1.54) is 19.2 Å². The second-order valence-corrected chi connectivity index (χ2v) is 9.56. The van der Waals surface area contributed by atoms with Gasteiger partial charge in [0.1, 0.15) is 40.9 Å². The van der Waals surface area contributed by atoms with Gasteiger partial charge in [-0.2, -0.15) is 15.5 Å². The largest absolute Gasteiger partial charge is 0.482 e. The number of carbonyl (C=O) groups excluding carboxylic acids is 1. The van der Waals surface area contributed by atoms with Gasteiger partial charge in [0.2, 0.25) is 0 Å². The number of rotatable bonds is 6. The van der Waals surface area contributed by atoms with Crippen LogP contribution in [0.3, 0.4) is 0 Å². The van der Waals surface area contributed by atoms with Gasteiger partial charge in [-0.1, -0.05) is 0 Å². The van der Waals surface area contributed by atoms with Crippen LogP contribution in [0.2, 0.25) is 0 Å². The molecule has 5 heterocycles. The number of fused-ring (bicyclic) bond motifs is 1. The predicted octanol–water partition coefficient (Wildman–Crippen LogP) is 3.60. The summed E-state index contributed by atoms with van der Waals surface area (Å²) in [5.74, 6) is -0.269. The lowest BCUT2D eigenvalue weighted by Gasteiger charge is -2.34. The molecule has 1 amide bonds. The molecule has 1 N–H and O–H groups in total. The number of nitriles is 1. The zero-order valence-electron chi connectivity index (χ0n) is 21.4. The van der Waals surface area contributed by atoms with Crippen LogP contribution < -0.4 is 4.74 Å². The van der Waals surface area contributed by atoms with Gasteiger partial charge in [0.05, 0.1) is 30.3 Å². The molecule has 0 aromatic carbocycles. The van der Waals surface area contributed by atoms with Gasteiger partial charge in [0.15, 0.2) is 0 Å². The number of carbonyl (C=O) groups is 1. The summed E-state index contributed by atoms with van der Waals surface area (Å²) in [5, 5.41) is 28.4. The molecular weight excluding hydrogens is 489 g/mol. The van der Waals surface area contributed by atoms with Crippen molar-refractivity contribution in [2.45, 2.75) is 51.9 Å². The van der Waals surface area contributed by atoms with E-state index >= 15 is 0 Å². The molecule has 4 aromatic rings.